The van der Waals surface area contributed by atoms with Gasteiger partial charge in [-0.3, -0.25) is 4.98 Å². The Morgan fingerprint density at radius 2 is 1.73 bits per heavy atom. The van der Waals surface area contributed by atoms with E-state index in [1.54, 1.807) is 12.1 Å². The van der Waals surface area contributed by atoms with Gasteiger partial charge in [0.05, 0.1) is 15.6 Å². The van der Waals surface area contributed by atoms with Gasteiger partial charge in [-0.05, 0) is 26.0 Å². The number of halogens is 2. The number of hydrogen-bond donors (Lipinski definition) is 1. The van der Waals surface area contributed by atoms with Crippen molar-refractivity contribution >= 4 is 34.1 Å². The van der Waals surface area contributed by atoms with Crippen molar-refractivity contribution in [3.8, 4) is 5.75 Å². The second-order valence-electron chi connectivity index (χ2n) is 3.45. The van der Waals surface area contributed by atoms with Crippen LogP contribution in [-0.2, 0) is 0 Å². The van der Waals surface area contributed by atoms with Crippen LogP contribution in [0.1, 0.15) is 11.3 Å². The highest BCUT2D eigenvalue weighted by atomic mass is 35.5. The number of aromatic hydroxyl groups is 1. The van der Waals surface area contributed by atoms with Gasteiger partial charge in [-0.1, -0.05) is 23.2 Å². The van der Waals surface area contributed by atoms with Crippen molar-refractivity contribution in [1.82, 2.24) is 4.98 Å². The van der Waals surface area contributed by atoms with Crippen LogP contribution in [0.15, 0.2) is 12.1 Å². The fourth-order valence-electron chi connectivity index (χ4n) is 1.46. The molecule has 0 unspecified atom stereocenters. The molecule has 0 fully saturated rings. The number of benzene rings is 1. The van der Waals surface area contributed by atoms with E-state index < -0.39 is 0 Å². The molecule has 1 heterocycles. The summed E-state index contributed by atoms with van der Waals surface area (Å²) in [5, 5.41) is 11.4. The summed E-state index contributed by atoms with van der Waals surface area (Å²) in [5.41, 5.74) is 2.21. The van der Waals surface area contributed by atoms with E-state index in [0.29, 0.717) is 20.9 Å². The lowest BCUT2D eigenvalue weighted by Crippen LogP contribution is -1.90. The zero-order valence-electron chi connectivity index (χ0n) is 8.31. The number of fused-ring (bicyclic) bond motifs is 1. The molecule has 2 nitrogen and oxygen atoms in total. The molecular weight excluding hydrogens is 233 g/mol. The number of nitrogens with zero attached hydrogens (tertiary/aromatic N) is 1. The van der Waals surface area contributed by atoms with Crippen molar-refractivity contribution in [3.63, 3.8) is 0 Å². The van der Waals surface area contributed by atoms with Crippen LogP contribution in [0.4, 0.5) is 0 Å². The molecule has 78 valence electrons. The molecule has 2 rings (SSSR count). The number of hydrogen-bond acceptors (Lipinski definition) is 2. The average molecular weight is 242 g/mol. The van der Waals surface area contributed by atoms with Crippen molar-refractivity contribution < 1.29 is 5.11 Å². The third-order valence-corrected chi connectivity index (χ3v) is 3.20. The standard InChI is InChI=1S/C11H9Cl2NO/c1-5-6(2)14-10-4-9(13)8(12)3-7(10)11(5)15/h3-4H,1-2H3,(H,14,15). The minimum atomic E-state index is 0.219. The van der Waals surface area contributed by atoms with Gasteiger partial charge >= 0.3 is 0 Å². The molecule has 15 heavy (non-hydrogen) atoms. The summed E-state index contributed by atoms with van der Waals surface area (Å²) in [5.74, 6) is 0.219. The van der Waals surface area contributed by atoms with Crippen molar-refractivity contribution in [2.24, 2.45) is 0 Å². The summed E-state index contributed by atoms with van der Waals surface area (Å²) < 4.78 is 0. The van der Waals surface area contributed by atoms with E-state index in [2.05, 4.69) is 4.98 Å². The van der Waals surface area contributed by atoms with Gasteiger partial charge in [0.2, 0.25) is 0 Å². The third-order valence-electron chi connectivity index (χ3n) is 2.48. The summed E-state index contributed by atoms with van der Waals surface area (Å²) in [6.07, 6.45) is 0. The van der Waals surface area contributed by atoms with Gasteiger partial charge in [-0.25, -0.2) is 0 Å². The molecule has 0 saturated heterocycles. The number of pyridine rings is 1. The molecule has 1 aromatic heterocycles. The highest BCUT2D eigenvalue weighted by Gasteiger charge is 2.10. The van der Waals surface area contributed by atoms with Crippen LogP contribution >= 0.6 is 23.2 Å². The van der Waals surface area contributed by atoms with Gasteiger partial charge in [0.15, 0.2) is 0 Å². The summed E-state index contributed by atoms with van der Waals surface area (Å²) in [4.78, 5) is 4.33. The topological polar surface area (TPSA) is 33.1 Å². The fraction of sp³-hybridized carbons (Fsp3) is 0.182. The zero-order chi connectivity index (χ0) is 11.2. The quantitative estimate of drug-likeness (QED) is 0.760. The van der Waals surface area contributed by atoms with E-state index in [9.17, 15) is 5.11 Å². The van der Waals surface area contributed by atoms with Crippen LogP contribution in [0.2, 0.25) is 10.0 Å². The highest BCUT2D eigenvalue weighted by molar-refractivity contribution is 6.42. The predicted octanol–water partition coefficient (Wildman–Crippen LogP) is 3.86. The highest BCUT2D eigenvalue weighted by Crippen LogP contribution is 2.34. The van der Waals surface area contributed by atoms with Crippen LogP contribution in [0.5, 0.6) is 5.75 Å². The molecule has 2 aromatic rings. The van der Waals surface area contributed by atoms with Crippen molar-refractivity contribution in [2.75, 3.05) is 0 Å². The van der Waals surface area contributed by atoms with Crippen LogP contribution in [0.3, 0.4) is 0 Å². The monoisotopic (exact) mass is 241 g/mol. The Balaban J connectivity index is 2.93. The van der Waals surface area contributed by atoms with Gasteiger partial charge in [0.1, 0.15) is 5.75 Å². The first-order valence-electron chi connectivity index (χ1n) is 4.45. The summed E-state index contributed by atoms with van der Waals surface area (Å²) in [6, 6.07) is 3.29. The molecule has 0 aliphatic rings. The van der Waals surface area contributed by atoms with E-state index >= 15 is 0 Å². The second kappa shape index (κ2) is 3.54. The molecule has 0 amide bonds. The molecule has 0 saturated carbocycles. The first-order chi connectivity index (χ1) is 7.00. The average Bonchev–Trinajstić information content (AvgIpc) is 2.19. The van der Waals surface area contributed by atoms with Crippen LogP contribution < -0.4 is 0 Å². The second-order valence-corrected chi connectivity index (χ2v) is 4.27. The Kier molecular flexibility index (Phi) is 2.49. The van der Waals surface area contributed by atoms with E-state index in [1.807, 2.05) is 13.8 Å². The van der Waals surface area contributed by atoms with Crippen LogP contribution in [-0.4, -0.2) is 10.1 Å². The fourth-order valence-corrected chi connectivity index (χ4v) is 1.78. The van der Waals surface area contributed by atoms with Gasteiger partial charge in [-0.15, -0.1) is 0 Å². The van der Waals surface area contributed by atoms with Gasteiger partial charge in [0.25, 0.3) is 0 Å². The Morgan fingerprint density at radius 3 is 2.40 bits per heavy atom. The minimum Gasteiger partial charge on any atom is -0.507 e. The molecule has 0 aliphatic heterocycles. The Bertz CT molecular complexity index is 547. The summed E-state index contributed by atoms with van der Waals surface area (Å²) in [6.45, 7) is 3.66. The Morgan fingerprint density at radius 1 is 1.13 bits per heavy atom. The van der Waals surface area contributed by atoms with E-state index in [0.717, 1.165) is 11.3 Å². The summed E-state index contributed by atoms with van der Waals surface area (Å²) >= 11 is 11.8. The smallest absolute Gasteiger partial charge is 0.129 e. The van der Waals surface area contributed by atoms with Crippen LogP contribution in [0.25, 0.3) is 10.9 Å². The molecule has 0 bridgehead atoms. The molecule has 0 atom stereocenters. The van der Waals surface area contributed by atoms with Gasteiger partial charge in [-0.2, -0.15) is 0 Å². The van der Waals surface area contributed by atoms with E-state index in [-0.39, 0.29) is 5.75 Å². The lowest BCUT2D eigenvalue weighted by molar-refractivity contribution is 0.476. The first-order valence-corrected chi connectivity index (χ1v) is 5.21. The molecule has 1 aromatic carbocycles. The number of aryl methyl sites for hydroxylation is 1. The maximum absolute atomic E-state index is 9.91. The number of aromatic nitrogens is 1. The Hall–Kier alpha value is -0.990. The Labute approximate surface area is 97.5 Å². The molecule has 1 N–H and O–H groups in total. The molecule has 0 radical (unpaired) electrons. The van der Waals surface area contributed by atoms with Gasteiger partial charge < -0.3 is 5.11 Å². The van der Waals surface area contributed by atoms with Crippen molar-refractivity contribution in [2.45, 2.75) is 13.8 Å². The molecule has 4 heteroatoms. The van der Waals surface area contributed by atoms with E-state index in [1.165, 1.54) is 0 Å². The predicted molar refractivity (Wildman–Crippen MR) is 62.9 cm³/mol. The van der Waals surface area contributed by atoms with E-state index in [4.69, 9.17) is 23.2 Å². The van der Waals surface area contributed by atoms with Gasteiger partial charge in [0, 0.05) is 16.6 Å². The normalized spacial score (nSPS) is 10.9. The van der Waals surface area contributed by atoms with Crippen molar-refractivity contribution in [1.29, 1.82) is 0 Å². The minimum absolute atomic E-state index is 0.219. The van der Waals surface area contributed by atoms with Crippen molar-refractivity contribution in [3.05, 3.63) is 33.4 Å². The lowest BCUT2D eigenvalue weighted by Gasteiger charge is -2.08. The first kappa shape index (κ1) is 10.5. The maximum atomic E-state index is 9.91. The molecule has 0 aliphatic carbocycles. The molecule has 0 spiro atoms. The summed E-state index contributed by atoms with van der Waals surface area (Å²) in [7, 11) is 0. The largest absolute Gasteiger partial charge is 0.507 e. The number of rotatable bonds is 0. The third kappa shape index (κ3) is 1.64. The SMILES string of the molecule is Cc1nc2cc(Cl)c(Cl)cc2c(O)c1C. The zero-order valence-corrected chi connectivity index (χ0v) is 9.82. The lowest BCUT2D eigenvalue weighted by atomic mass is 10.1. The van der Waals surface area contributed by atoms with Crippen LogP contribution in [0, 0.1) is 13.8 Å². The molecular formula is C11H9Cl2NO. The maximum Gasteiger partial charge on any atom is 0.129 e.